The molecule has 6 heteroatoms. The maximum atomic E-state index is 12.4. The summed E-state index contributed by atoms with van der Waals surface area (Å²) in [4.78, 5) is 25.5. The lowest BCUT2D eigenvalue weighted by molar-refractivity contribution is -0.120. The number of benzene rings is 2. The molecule has 0 saturated heterocycles. The van der Waals surface area contributed by atoms with Gasteiger partial charge in [-0.2, -0.15) is 0 Å². The van der Waals surface area contributed by atoms with Crippen LogP contribution >= 0.6 is 11.8 Å². The van der Waals surface area contributed by atoms with Crippen molar-refractivity contribution in [3.63, 3.8) is 0 Å². The van der Waals surface area contributed by atoms with Crippen LogP contribution in [0.2, 0.25) is 0 Å². The number of nitrogens with one attached hydrogen (secondary N) is 2. The van der Waals surface area contributed by atoms with Crippen LogP contribution in [-0.4, -0.2) is 24.2 Å². The Hall–Kier alpha value is -2.47. The standard InChI is InChI=1S/C18H18N2O3S/c1-11-7-8-14(23-2)13(9-11)19-17(21)10-16-18(22)20-12-5-3-4-6-15(12)24-16/h3-9,16H,10H2,1-2H3,(H,19,21)(H,20,22)/t16-/m0/s1. The highest BCUT2D eigenvalue weighted by molar-refractivity contribution is 8.01. The maximum Gasteiger partial charge on any atom is 0.238 e. The maximum absolute atomic E-state index is 12.4. The molecular weight excluding hydrogens is 324 g/mol. The number of hydrogen-bond acceptors (Lipinski definition) is 4. The molecule has 1 heterocycles. The van der Waals surface area contributed by atoms with E-state index in [0.29, 0.717) is 11.4 Å². The molecule has 2 aromatic rings. The first kappa shape index (κ1) is 16.4. The Morgan fingerprint density at radius 3 is 2.88 bits per heavy atom. The monoisotopic (exact) mass is 342 g/mol. The fourth-order valence-corrected chi connectivity index (χ4v) is 3.63. The fraction of sp³-hybridized carbons (Fsp3) is 0.222. The van der Waals surface area contributed by atoms with Crippen LogP contribution in [0.1, 0.15) is 12.0 Å². The summed E-state index contributed by atoms with van der Waals surface area (Å²) in [6, 6.07) is 13.1. The van der Waals surface area contributed by atoms with Gasteiger partial charge in [-0.25, -0.2) is 0 Å². The second-order valence-electron chi connectivity index (χ2n) is 5.55. The number of fused-ring (bicyclic) bond motifs is 1. The molecule has 1 atom stereocenters. The third kappa shape index (κ3) is 3.54. The average molecular weight is 342 g/mol. The van der Waals surface area contributed by atoms with Gasteiger partial charge in [0, 0.05) is 11.3 Å². The molecule has 0 spiro atoms. The number of thioether (sulfide) groups is 1. The van der Waals surface area contributed by atoms with Crippen LogP contribution in [-0.2, 0) is 9.59 Å². The first-order chi connectivity index (χ1) is 11.6. The van der Waals surface area contributed by atoms with Gasteiger partial charge in [0.25, 0.3) is 0 Å². The smallest absolute Gasteiger partial charge is 0.238 e. The Kier molecular flexibility index (Phi) is 4.76. The summed E-state index contributed by atoms with van der Waals surface area (Å²) in [6.45, 7) is 1.94. The van der Waals surface area contributed by atoms with E-state index in [1.807, 2.05) is 49.4 Å². The number of carbonyl (C=O) groups excluding carboxylic acids is 2. The number of hydrogen-bond donors (Lipinski definition) is 2. The lowest BCUT2D eigenvalue weighted by Gasteiger charge is -2.23. The number of carbonyl (C=O) groups is 2. The summed E-state index contributed by atoms with van der Waals surface area (Å²) in [5.41, 5.74) is 2.43. The SMILES string of the molecule is COc1ccc(C)cc1NC(=O)C[C@@H]1Sc2ccccc2NC1=O. The molecular formula is C18H18N2O3S. The summed E-state index contributed by atoms with van der Waals surface area (Å²) in [5, 5.41) is 5.23. The van der Waals surface area contributed by atoms with Gasteiger partial charge in [0.15, 0.2) is 0 Å². The van der Waals surface area contributed by atoms with Crippen LogP contribution < -0.4 is 15.4 Å². The van der Waals surface area contributed by atoms with Crippen molar-refractivity contribution in [1.82, 2.24) is 0 Å². The summed E-state index contributed by atoms with van der Waals surface area (Å²) >= 11 is 1.41. The fourth-order valence-electron chi connectivity index (χ4n) is 2.52. The molecule has 2 aromatic carbocycles. The largest absolute Gasteiger partial charge is 0.495 e. The normalized spacial score (nSPS) is 16.1. The Balaban J connectivity index is 1.70. The van der Waals surface area contributed by atoms with Gasteiger partial charge in [-0.15, -0.1) is 11.8 Å². The van der Waals surface area contributed by atoms with E-state index in [0.717, 1.165) is 16.1 Å². The Bertz CT molecular complexity index is 792. The van der Waals surface area contributed by atoms with E-state index in [1.165, 1.54) is 11.8 Å². The molecule has 0 unspecified atom stereocenters. The van der Waals surface area contributed by atoms with Crippen LogP contribution in [0, 0.1) is 6.92 Å². The van der Waals surface area contributed by atoms with Gasteiger partial charge in [0.1, 0.15) is 5.75 Å². The first-order valence-corrected chi connectivity index (χ1v) is 8.46. The number of methoxy groups -OCH3 is 1. The van der Waals surface area contributed by atoms with Crippen molar-refractivity contribution >= 4 is 35.0 Å². The highest BCUT2D eigenvalue weighted by atomic mass is 32.2. The van der Waals surface area contributed by atoms with Gasteiger partial charge in [-0.1, -0.05) is 18.2 Å². The third-order valence-electron chi connectivity index (χ3n) is 3.71. The van der Waals surface area contributed by atoms with Crippen LogP contribution in [0.25, 0.3) is 0 Å². The van der Waals surface area contributed by atoms with Crippen molar-refractivity contribution in [2.24, 2.45) is 0 Å². The summed E-state index contributed by atoms with van der Waals surface area (Å²) in [5.74, 6) is 0.232. The van der Waals surface area contributed by atoms with Gasteiger partial charge in [0.05, 0.1) is 23.7 Å². The van der Waals surface area contributed by atoms with E-state index in [2.05, 4.69) is 10.6 Å². The molecule has 1 aliphatic rings. The zero-order valence-corrected chi connectivity index (χ0v) is 14.3. The van der Waals surface area contributed by atoms with E-state index >= 15 is 0 Å². The van der Waals surface area contributed by atoms with E-state index < -0.39 is 5.25 Å². The quantitative estimate of drug-likeness (QED) is 0.893. The molecule has 0 aromatic heterocycles. The Labute approximate surface area is 144 Å². The number of aryl methyl sites for hydroxylation is 1. The molecule has 5 nitrogen and oxygen atoms in total. The van der Waals surface area contributed by atoms with Crippen molar-refractivity contribution in [2.45, 2.75) is 23.5 Å². The molecule has 3 rings (SSSR count). The number of para-hydroxylation sites is 1. The molecule has 0 radical (unpaired) electrons. The second-order valence-corrected chi connectivity index (χ2v) is 6.79. The van der Waals surface area contributed by atoms with Crippen LogP contribution in [0.4, 0.5) is 11.4 Å². The minimum Gasteiger partial charge on any atom is -0.495 e. The van der Waals surface area contributed by atoms with Crippen molar-refractivity contribution < 1.29 is 14.3 Å². The highest BCUT2D eigenvalue weighted by Gasteiger charge is 2.29. The van der Waals surface area contributed by atoms with E-state index in [-0.39, 0.29) is 18.2 Å². The molecule has 0 bridgehead atoms. The van der Waals surface area contributed by atoms with Crippen molar-refractivity contribution in [2.75, 3.05) is 17.7 Å². The molecule has 0 fully saturated rings. The van der Waals surface area contributed by atoms with Crippen molar-refractivity contribution in [3.8, 4) is 5.75 Å². The van der Waals surface area contributed by atoms with Gasteiger partial charge < -0.3 is 15.4 Å². The number of ether oxygens (including phenoxy) is 1. The number of rotatable bonds is 4. The molecule has 1 aliphatic heterocycles. The molecule has 124 valence electrons. The van der Waals surface area contributed by atoms with Crippen molar-refractivity contribution in [3.05, 3.63) is 48.0 Å². The summed E-state index contributed by atoms with van der Waals surface area (Å²) in [6.07, 6.45) is 0.0991. The zero-order valence-electron chi connectivity index (χ0n) is 13.5. The van der Waals surface area contributed by atoms with E-state index in [1.54, 1.807) is 7.11 Å². The van der Waals surface area contributed by atoms with Gasteiger partial charge in [0.2, 0.25) is 11.8 Å². The predicted octanol–water partition coefficient (Wildman–Crippen LogP) is 3.45. The summed E-state index contributed by atoms with van der Waals surface area (Å²) < 4.78 is 5.26. The van der Waals surface area contributed by atoms with Crippen LogP contribution in [0.15, 0.2) is 47.4 Å². The topological polar surface area (TPSA) is 67.4 Å². The predicted molar refractivity (Wildman–Crippen MR) is 95.7 cm³/mol. The number of amides is 2. The molecule has 24 heavy (non-hydrogen) atoms. The summed E-state index contributed by atoms with van der Waals surface area (Å²) in [7, 11) is 1.56. The highest BCUT2D eigenvalue weighted by Crippen LogP contribution is 2.36. The molecule has 0 aliphatic carbocycles. The van der Waals surface area contributed by atoms with Crippen LogP contribution in [0.5, 0.6) is 5.75 Å². The van der Waals surface area contributed by atoms with Gasteiger partial charge in [-0.05, 0) is 36.8 Å². The molecule has 0 saturated carbocycles. The van der Waals surface area contributed by atoms with Gasteiger partial charge in [-0.3, -0.25) is 9.59 Å². The molecule has 2 amide bonds. The van der Waals surface area contributed by atoms with Gasteiger partial charge >= 0.3 is 0 Å². The minimum atomic E-state index is -0.448. The Morgan fingerprint density at radius 1 is 1.29 bits per heavy atom. The Morgan fingerprint density at radius 2 is 2.08 bits per heavy atom. The first-order valence-electron chi connectivity index (χ1n) is 7.58. The van der Waals surface area contributed by atoms with Crippen molar-refractivity contribution in [1.29, 1.82) is 0 Å². The lowest BCUT2D eigenvalue weighted by atomic mass is 10.2. The van der Waals surface area contributed by atoms with E-state index in [9.17, 15) is 9.59 Å². The third-order valence-corrected chi connectivity index (χ3v) is 4.98. The van der Waals surface area contributed by atoms with Crippen LogP contribution in [0.3, 0.4) is 0 Å². The lowest BCUT2D eigenvalue weighted by Crippen LogP contribution is -2.32. The molecule has 2 N–H and O–H groups in total. The average Bonchev–Trinajstić information content (AvgIpc) is 2.55. The minimum absolute atomic E-state index is 0.0991. The second kappa shape index (κ2) is 6.97. The number of anilines is 2. The zero-order chi connectivity index (χ0) is 17.1. The van der Waals surface area contributed by atoms with E-state index in [4.69, 9.17) is 4.74 Å².